The number of aryl methyl sites for hydroxylation is 2. The highest BCUT2D eigenvalue weighted by atomic mass is 16.3. The Morgan fingerprint density at radius 1 is 1.07 bits per heavy atom. The minimum atomic E-state index is -0.783. The maximum absolute atomic E-state index is 9.83. The molecule has 0 saturated heterocycles. The van der Waals surface area contributed by atoms with Crippen LogP contribution in [0.1, 0.15) is 28.4 Å². The molecular formula is C12H14O2. The molecule has 0 amide bonds. The molecule has 0 radical (unpaired) electrons. The summed E-state index contributed by atoms with van der Waals surface area (Å²) < 4.78 is 0. The first-order chi connectivity index (χ1) is 6.61. The van der Waals surface area contributed by atoms with Gasteiger partial charge in [-0.1, -0.05) is 24.3 Å². The largest absolute Gasteiger partial charge is 0.386 e. The first-order valence-electron chi connectivity index (χ1n) is 4.75. The van der Waals surface area contributed by atoms with E-state index in [9.17, 15) is 10.2 Å². The Morgan fingerprint density at radius 3 is 2.43 bits per heavy atom. The van der Waals surface area contributed by atoms with E-state index in [4.69, 9.17) is 0 Å². The number of aliphatic hydroxyl groups is 2. The molecular weight excluding hydrogens is 176 g/mol. The highest BCUT2D eigenvalue weighted by Crippen LogP contribution is 2.32. The van der Waals surface area contributed by atoms with Gasteiger partial charge in [0.2, 0.25) is 0 Å². The van der Waals surface area contributed by atoms with Crippen LogP contribution in [0.3, 0.4) is 0 Å². The van der Waals surface area contributed by atoms with Crippen molar-refractivity contribution in [3.63, 3.8) is 0 Å². The molecule has 2 nitrogen and oxygen atoms in total. The van der Waals surface area contributed by atoms with Crippen LogP contribution in [-0.4, -0.2) is 16.3 Å². The van der Waals surface area contributed by atoms with Crippen LogP contribution in [0.2, 0.25) is 0 Å². The fourth-order valence-electron chi connectivity index (χ4n) is 1.94. The van der Waals surface area contributed by atoms with Gasteiger partial charge < -0.3 is 10.2 Å². The van der Waals surface area contributed by atoms with E-state index in [0.717, 1.165) is 22.3 Å². The second-order valence-electron chi connectivity index (χ2n) is 3.82. The smallest absolute Gasteiger partial charge is 0.109 e. The van der Waals surface area contributed by atoms with Gasteiger partial charge in [0.25, 0.3) is 0 Å². The molecule has 1 aromatic rings. The summed E-state index contributed by atoms with van der Waals surface area (Å²) in [6, 6.07) is 4.01. The van der Waals surface area contributed by atoms with Gasteiger partial charge in [0.15, 0.2) is 0 Å². The van der Waals surface area contributed by atoms with Crippen LogP contribution in [0.15, 0.2) is 18.2 Å². The zero-order chi connectivity index (χ0) is 10.3. The minimum absolute atomic E-state index is 0.775. The van der Waals surface area contributed by atoms with E-state index in [-0.39, 0.29) is 0 Å². The fourth-order valence-corrected chi connectivity index (χ4v) is 1.94. The lowest BCUT2D eigenvalue weighted by Crippen LogP contribution is -2.21. The van der Waals surface area contributed by atoms with Crippen molar-refractivity contribution < 1.29 is 10.2 Å². The van der Waals surface area contributed by atoms with Gasteiger partial charge in [-0.3, -0.25) is 0 Å². The van der Waals surface area contributed by atoms with Crippen LogP contribution < -0.4 is 0 Å². The predicted molar refractivity (Wildman–Crippen MR) is 55.9 cm³/mol. The Bertz CT molecular complexity index is 394. The van der Waals surface area contributed by atoms with Crippen LogP contribution in [0.4, 0.5) is 0 Å². The highest BCUT2D eigenvalue weighted by molar-refractivity contribution is 5.63. The van der Waals surface area contributed by atoms with E-state index in [0.29, 0.717) is 0 Å². The molecule has 2 rings (SSSR count). The van der Waals surface area contributed by atoms with Gasteiger partial charge in [0.05, 0.1) is 0 Å². The average molecular weight is 190 g/mol. The van der Waals surface area contributed by atoms with Gasteiger partial charge in [-0.15, -0.1) is 0 Å². The Labute approximate surface area is 83.5 Å². The quantitative estimate of drug-likeness (QED) is 0.654. The molecule has 0 spiro atoms. The summed E-state index contributed by atoms with van der Waals surface area (Å²) in [5, 5.41) is 19.3. The maximum atomic E-state index is 9.83. The third-order valence-electron chi connectivity index (χ3n) is 2.80. The molecule has 2 heteroatoms. The standard InChI is InChI=1S/C12H14O2/c1-7-3-4-8(2)11-9(7)5-6-10(13)12(11)14/h3-6,10,12-14H,1-2H3. The molecule has 1 aliphatic carbocycles. The fraction of sp³-hybridized carbons (Fsp3) is 0.333. The van der Waals surface area contributed by atoms with Crippen molar-refractivity contribution in [2.45, 2.75) is 26.1 Å². The molecule has 0 fully saturated rings. The summed E-state index contributed by atoms with van der Waals surface area (Å²) in [4.78, 5) is 0. The van der Waals surface area contributed by atoms with E-state index in [1.54, 1.807) is 6.08 Å². The predicted octanol–water partition coefficient (Wildman–Crippen LogP) is 1.72. The number of benzene rings is 1. The third kappa shape index (κ3) is 1.27. The van der Waals surface area contributed by atoms with E-state index >= 15 is 0 Å². The Kier molecular flexibility index (Phi) is 2.17. The van der Waals surface area contributed by atoms with Crippen LogP contribution in [0.5, 0.6) is 0 Å². The summed E-state index contributed by atoms with van der Waals surface area (Å²) in [5.74, 6) is 0. The molecule has 0 aromatic heterocycles. The topological polar surface area (TPSA) is 40.5 Å². The summed E-state index contributed by atoms with van der Waals surface area (Å²) in [6.07, 6.45) is 1.96. The molecule has 2 N–H and O–H groups in total. The number of hydrogen-bond donors (Lipinski definition) is 2. The van der Waals surface area contributed by atoms with E-state index in [1.807, 2.05) is 32.1 Å². The maximum Gasteiger partial charge on any atom is 0.109 e. The van der Waals surface area contributed by atoms with Crippen LogP contribution in [0.25, 0.3) is 6.08 Å². The normalized spacial score (nSPS) is 24.9. The van der Waals surface area contributed by atoms with E-state index < -0.39 is 12.2 Å². The van der Waals surface area contributed by atoms with Gasteiger partial charge in [-0.25, -0.2) is 0 Å². The van der Waals surface area contributed by atoms with Crippen molar-refractivity contribution in [3.05, 3.63) is 40.5 Å². The van der Waals surface area contributed by atoms with Crippen LogP contribution in [0, 0.1) is 13.8 Å². The zero-order valence-corrected chi connectivity index (χ0v) is 8.36. The summed E-state index contributed by atoms with van der Waals surface area (Å²) >= 11 is 0. The third-order valence-corrected chi connectivity index (χ3v) is 2.80. The number of fused-ring (bicyclic) bond motifs is 1. The number of hydrogen-bond acceptors (Lipinski definition) is 2. The Hall–Kier alpha value is -1.12. The van der Waals surface area contributed by atoms with Crippen molar-refractivity contribution in [2.75, 3.05) is 0 Å². The molecule has 2 atom stereocenters. The summed E-state index contributed by atoms with van der Waals surface area (Å²) in [6.45, 7) is 3.96. The van der Waals surface area contributed by atoms with Gasteiger partial charge in [0.1, 0.15) is 12.2 Å². The van der Waals surface area contributed by atoms with Crippen LogP contribution >= 0.6 is 0 Å². The van der Waals surface area contributed by atoms with Gasteiger partial charge in [-0.2, -0.15) is 0 Å². The molecule has 1 aromatic carbocycles. The second-order valence-corrected chi connectivity index (χ2v) is 3.82. The zero-order valence-electron chi connectivity index (χ0n) is 8.36. The first kappa shape index (κ1) is 9.44. The molecule has 0 heterocycles. The van der Waals surface area contributed by atoms with Crippen molar-refractivity contribution >= 4 is 6.08 Å². The monoisotopic (exact) mass is 190 g/mol. The molecule has 0 saturated carbocycles. The molecule has 0 aliphatic heterocycles. The Morgan fingerprint density at radius 2 is 1.71 bits per heavy atom. The first-order valence-corrected chi connectivity index (χ1v) is 4.75. The van der Waals surface area contributed by atoms with Gasteiger partial charge in [0, 0.05) is 0 Å². The summed E-state index contributed by atoms with van der Waals surface area (Å²) in [7, 11) is 0. The highest BCUT2D eigenvalue weighted by Gasteiger charge is 2.24. The van der Waals surface area contributed by atoms with Gasteiger partial charge in [-0.05, 0) is 36.1 Å². The lowest BCUT2D eigenvalue weighted by atomic mass is 9.87. The number of rotatable bonds is 0. The minimum Gasteiger partial charge on any atom is -0.386 e. The average Bonchev–Trinajstić information content (AvgIpc) is 2.16. The second kappa shape index (κ2) is 3.23. The summed E-state index contributed by atoms with van der Waals surface area (Å²) in [5.41, 5.74) is 4.07. The lowest BCUT2D eigenvalue weighted by molar-refractivity contribution is 0.0465. The van der Waals surface area contributed by atoms with Crippen molar-refractivity contribution in [1.82, 2.24) is 0 Å². The van der Waals surface area contributed by atoms with Crippen molar-refractivity contribution in [3.8, 4) is 0 Å². The molecule has 14 heavy (non-hydrogen) atoms. The van der Waals surface area contributed by atoms with E-state index in [1.165, 1.54) is 0 Å². The molecule has 1 aliphatic rings. The number of aliphatic hydroxyl groups excluding tert-OH is 2. The molecule has 74 valence electrons. The van der Waals surface area contributed by atoms with Gasteiger partial charge >= 0.3 is 0 Å². The molecule has 2 unspecified atom stereocenters. The van der Waals surface area contributed by atoms with Crippen molar-refractivity contribution in [1.29, 1.82) is 0 Å². The van der Waals surface area contributed by atoms with Crippen molar-refractivity contribution in [2.24, 2.45) is 0 Å². The lowest BCUT2D eigenvalue weighted by Gasteiger charge is -2.24. The van der Waals surface area contributed by atoms with Crippen LogP contribution in [-0.2, 0) is 0 Å². The molecule has 0 bridgehead atoms. The van der Waals surface area contributed by atoms with E-state index in [2.05, 4.69) is 0 Å². The Balaban J connectivity index is 2.67. The SMILES string of the molecule is Cc1ccc(C)c2c1C=CC(O)C2O.